The Balaban J connectivity index is 1.85. The summed E-state index contributed by atoms with van der Waals surface area (Å²) < 4.78 is 0.863. The van der Waals surface area contributed by atoms with Crippen LogP contribution in [-0.4, -0.2) is 32.6 Å². The van der Waals surface area contributed by atoms with Crippen LogP contribution in [0.1, 0.15) is 5.69 Å². The normalized spacial score (nSPS) is 10.4. The van der Waals surface area contributed by atoms with Crippen LogP contribution < -0.4 is 5.32 Å². The molecular weight excluding hydrogens is 256 g/mol. The lowest BCUT2D eigenvalue weighted by Crippen LogP contribution is -2.00. The molecule has 0 unspecified atom stereocenters. The van der Waals surface area contributed by atoms with Gasteiger partial charge in [-0.25, -0.2) is 0 Å². The zero-order valence-corrected chi connectivity index (χ0v) is 10.7. The molecule has 0 amide bonds. The van der Waals surface area contributed by atoms with Gasteiger partial charge >= 0.3 is 0 Å². The summed E-state index contributed by atoms with van der Waals surface area (Å²) in [7, 11) is 0. The number of hydrogen-bond donors (Lipinski definition) is 2. The molecule has 2 aromatic heterocycles. The zero-order valence-electron chi connectivity index (χ0n) is 9.04. The maximum atomic E-state index is 8.70. The van der Waals surface area contributed by atoms with Crippen LogP contribution in [0, 0.1) is 0 Å². The van der Waals surface area contributed by atoms with Crippen LogP contribution in [0.4, 0.5) is 5.13 Å². The molecule has 0 aromatic carbocycles. The number of aromatic nitrogens is 3. The molecule has 0 saturated heterocycles. The van der Waals surface area contributed by atoms with Crippen LogP contribution in [0.15, 0.2) is 28.7 Å². The van der Waals surface area contributed by atoms with Crippen LogP contribution in [0.5, 0.6) is 0 Å². The van der Waals surface area contributed by atoms with Gasteiger partial charge < -0.3 is 10.4 Å². The van der Waals surface area contributed by atoms with Crippen molar-refractivity contribution in [1.82, 2.24) is 15.2 Å². The Morgan fingerprint density at radius 3 is 3.06 bits per heavy atom. The molecule has 0 saturated carbocycles. The average molecular weight is 268 g/mol. The SMILES string of the molecule is OCCSc1nnc(NCc2ccccn2)s1. The van der Waals surface area contributed by atoms with E-state index in [4.69, 9.17) is 5.11 Å². The maximum absolute atomic E-state index is 8.70. The van der Waals surface area contributed by atoms with Crippen LogP contribution in [0.3, 0.4) is 0 Å². The van der Waals surface area contributed by atoms with Crippen molar-refractivity contribution in [2.45, 2.75) is 10.9 Å². The zero-order chi connectivity index (χ0) is 11.9. The summed E-state index contributed by atoms with van der Waals surface area (Å²) >= 11 is 2.99. The lowest BCUT2D eigenvalue weighted by Gasteiger charge is -1.99. The number of thioether (sulfide) groups is 1. The fourth-order valence-electron chi connectivity index (χ4n) is 1.14. The van der Waals surface area contributed by atoms with E-state index in [-0.39, 0.29) is 6.61 Å². The minimum atomic E-state index is 0.154. The first kappa shape index (κ1) is 12.3. The predicted molar refractivity (Wildman–Crippen MR) is 69.3 cm³/mol. The lowest BCUT2D eigenvalue weighted by atomic mass is 10.3. The van der Waals surface area contributed by atoms with Crippen molar-refractivity contribution < 1.29 is 5.11 Å². The molecule has 0 aliphatic carbocycles. The van der Waals surface area contributed by atoms with Crippen molar-refractivity contribution in [3.63, 3.8) is 0 Å². The second kappa shape index (κ2) is 6.53. The van der Waals surface area contributed by atoms with Crippen molar-refractivity contribution in [3.8, 4) is 0 Å². The quantitative estimate of drug-likeness (QED) is 0.776. The highest BCUT2D eigenvalue weighted by Gasteiger charge is 2.04. The van der Waals surface area contributed by atoms with Crippen LogP contribution in [-0.2, 0) is 6.54 Å². The van der Waals surface area contributed by atoms with Gasteiger partial charge in [-0.05, 0) is 12.1 Å². The van der Waals surface area contributed by atoms with E-state index in [9.17, 15) is 0 Å². The highest BCUT2D eigenvalue weighted by atomic mass is 32.2. The number of hydrogen-bond acceptors (Lipinski definition) is 7. The van der Waals surface area contributed by atoms with Gasteiger partial charge in [-0.2, -0.15) is 0 Å². The predicted octanol–water partition coefficient (Wildman–Crippen LogP) is 1.63. The van der Waals surface area contributed by atoms with Crippen molar-refractivity contribution in [3.05, 3.63) is 30.1 Å². The molecular formula is C10H12N4OS2. The third-order valence-electron chi connectivity index (χ3n) is 1.87. The molecule has 2 aromatic rings. The summed E-state index contributed by atoms with van der Waals surface area (Å²) in [4.78, 5) is 4.21. The van der Waals surface area contributed by atoms with Crippen molar-refractivity contribution in [1.29, 1.82) is 0 Å². The lowest BCUT2D eigenvalue weighted by molar-refractivity contribution is 0.322. The number of nitrogens with one attached hydrogen (secondary N) is 1. The molecule has 0 atom stereocenters. The highest BCUT2D eigenvalue weighted by Crippen LogP contribution is 2.25. The summed E-state index contributed by atoms with van der Waals surface area (Å²) in [5, 5.41) is 20.7. The van der Waals surface area contributed by atoms with E-state index >= 15 is 0 Å². The average Bonchev–Trinajstić information content (AvgIpc) is 2.83. The molecule has 7 heteroatoms. The molecule has 17 heavy (non-hydrogen) atoms. The van der Waals surface area contributed by atoms with Gasteiger partial charge in [0.05, 0.1) is 18.8 Å². The van der Waals surface area contributed by atoms with E-state index in [1.165, 1.54) is 23.1 Å². The van der Waals surface area contributed by atoms with Crippen molar-refractivity contribution in [2.24, 2.45) is 0 Å². The Bertz CT molecular complexity index is 449. The molecule has 0 aliphatic rings. The molecule has 0 spiro atoms. The Morgan fingerprint density at radius 2 is 2.29 bits per heavy atom. The number of rotatable bonds is 6. The summed E-state index contributed by atoms with van der Waals surface area (Å²) in [5.74, 6) is 0.648. The smallest absolute Gasteiger partial charge is 0.206 e. The summed E-state index contributed by atoms with van der Waals surface area (Å²) in [6, 6.07) is 5.79. The molecule has 2 rings (SSSR count). The number of nitrogens with zero attached hydrogens (tertiary/aromatic N) is 3. The molecule has 90 valence electrons. The van der Waals surface area contributed by atoms with Gasteiger partial charge in [-0.3, -0.25) is 4.98 Å². The van der Waals surface area contributed by atoms with E-state index in [0.717, 1.165) is 15.2 Å². The minimum absolute atomic E-state index is 0.154. The number of aliphatic hydroxyl groups is 1. The first-order chi connectivity index (χ1) is 8.38. The van der Waals surface area contributed by atoms with Gasteiger partial charge in [-0.1, -0.05) is 29.2 Å². The fourth-order valence-corrected chi connectivity index (χ4v) is 2.70. The molecule has 2 N–H and O–H groups in total. The Kier molecular flexibility index (Phi) is 4.72. The van der Waals surface area contributed by atoms with Gasteiger partial charge in [0.1, 0.15) is 0 Å². The van der Waals surface area contributed by atoms with Crippen LogP contribution in [0.25, 0.3) is 0 Å². The maximum Gasteiger partial charge on any atom is 0.206 e. The first-order valence-electron chi connectivity index (χ1n) is 5.09. The molecule has 0 aliphatic heterocycles. The van der Waals surface area contributed by atoms with Crippen molar-refractivity contribution >= 4 is 28.2 Å². The second-order valence-corrected chi connectivity index (χ2v) is 5.44. The van der Waals surface area contributed by atoms with Gasteiger partial charge in [0.2, 0.25) is 5.13 Å². The summed E-state index contributed by atoms with van der Waals surface area (Å²) in [6.45, 7) is 0.793. The van der Waals surface area contributed by atoms with Gasteiger partial charge in [-0.15, -0.1) is 10.2 Å². The standard InChI is InChI=1S/C10H12N4OS2/c15-5-6-16-10-14-13-9(17-10)12-7-8-3-1-2-4-11-8/h1-4,15H,5-7H2,(H,12,13). The van der Waals surface area contributed by atoms with E-state index in [2.05, 4.69) is 20.5 Å². The minimum Gasteiger partial charge on any atom is -0.396 e. The molecule has 0 fully saturated rings. The monoisotopic (exact) mass is 268 g/mol. The molecule has 0 bridgehead atoms. The highest BCUT2D eigenvalue weighted by molar-refractivity contribution is 8.01. The van der Waals surface area contributed by atoms with E-state index in [1.54, 1.807) is 6.20 Å². The van der Waals surface area contributed by atoms with Crippen LogP contribution in [0.2, 0.25) is 0 Å². The Hall–Kier alpha value is -1.18. The summed E-state index contributed by atoms with van der Waals surface area (Å²) in [5.41, 5.74) is 0.965. The Labute approximate surface area is 107 Å². The van der Waals surface area contributed by atoms with Gasteiger partial charge in [0, 0.05) is 11.9 Å². The van der Waals surface area contributed by atoms with E-state index in [0.29, 0.717) is 12.3 Å². The third kappa shape index (κ3) is 3.95. The molecule has 0 radical (unpaired) electrons. The van der Waals surface area contributed by atoms with E-state index < -0.39 is 0 Å². The largest absolute Gasteiger partial charge is 0.396 e. The molecule has 2 heterocycles. The van der Waals surface area contributed by atoms with Crippen molar-refractivity contribution in [2.75, 3.05) is 17.7 Å². The number of pyridine rings is 1. The first-order valence-corrected chi connectivity index (χ1v) is 6.89. The fraction of sp³-hybridized carbons (Fsp3) is 0.300. The number of aliphatic hydroxyl groups excluding tert-OH is 1. The van der Waals surface area contributed by atoms with Gasteiger partial charge in [0.25, 0.3) is 0 Å². The van der Waals surface area contributed by atoms with Gasteiger partial charge in [0.15, 0.2) is 4.34 Å². The third-order valence-corrected chi connectivity index (χ3v) is 3.86. The summed E-state index contributed by atoms with van der Waals surface area (Å²) in [6.07, 6.45) is 1.76. The second-order valence-electron chi connectivity index (χ2n) is 3.12. The van der Waals surface area contributed by atoms with E-state index in [1.807, 2.05) is 18.2 Å². The van der Waals surface area contributed by atoms with Crippen LogP contribution >= 0.6 is 23.1 Å². The topological polar surface area (TPSA) is 70.9 Å². The molecule has 5 nitrogen and oxygen atoms in total. The Morgan fingerprint density at radius 1 is 1.35 bits per heavy atom. The number of anilines is 1.